The lowest BCUT2D eigenvalue weighted by molar-refractivity contribution is -0.142. The summed E-state index contributed by atoms with van der Waals surface area (Å²) in [6.07, 6.45) is 1.69. The van der Waals surface area contributed by atoms with Crippen molar-refractivity contribution in [1.29, 1.82) is 0 Å². The van der Waals surface area contributed by atoms with Gasteiger partial charge in [0.05, 0.1) is 5.92 Å². The van der Waals surface area contributed by atoms with Crippen LogP contribution in [-0.4, -0.2) is 47.0 Å². The number of nitrogens with one attached hydrogen (secondary N) is 2. The van der Waals surface area contributed by atoms with Crippen molar-refractivity contribution in [2.24, 2.45) is 5.92 Å². The third kappa shape index (κ3) is 4.71. The van der Waals surface area contributed by atoms with Crippen LogP contribution in [0.1, 0.15) is 26.2 Å². The summed E-state index contributed by atoms with van der Waals surface area (Å²) in [6.45, 7) is 2.58. The Bertz CT molecular complexity index is 591. The lowest BCUT2D eigenvalue weighted by Gasteiger charge is -2.32. The van der Waals surface area contributed by atoms with Crippen LogP contribution in [0.2, 0.25) is 0 Å². The zero-order valence-electron chi connectivity index (χ0n) is 13.7. The SMILES string of the molecule is CCC(NC(=O)C1CCCN(C(=O)Nc2ccccc2)C1)C(=O)O. The van der Waals surface area contributed by atoms with Crippen LogP contribution >= 0.6 is 0 Å². The smallest absolute Gasteiger partial charge is 0.326 e. The predicted molar refractivity (Wildman–Crippen MR) is 89.6 cm³/mol. The monoisotopic (exact) mass is 333 g/mol. The number of piperidine rings is 1. The van der Waals surface area contributed by atoms with Crippen LogP contribution in [0, 0.1) is 5.92 Å². The Balaban J connectivity index is 1.92. The molecule has 3 N–H and O–H groups in total. The van der Waals surface area contributed by atoms with E-state index in [2.05, 4.69) is 10.6 Å². The second-order valence-electron chi connectivity index (χ2n) is 5.89. The van der Waals surface area contributed by atoms with E-state index in [-0.39, 0.29) is 17.9 Å². The fraction of sp³-hybridized carbons (Fsp3) is 0.471. The molecular formula is C17H23N3O4. The Labute approximate surface area is 141 Å². The van der Waals surface area contributed by atoms with Crippen molar-refractivity contribution >= 4 is 23.6 Å². The summed E-state index contributed by atoms with van der Waals surface area (Å²) in [5.74, 6) is -1.73. The molecule has 7 nitrogen and oxygen atoms in total. The van der Waals surface area contributed by atoms with Crippen LogP contribution < -0.4 is 10.6 Å². The minimum atomic E-state index is -1.04. The molecule has 1 aliphatic heterocycles. The molecule has 1 heterocycles. The van der Waals surface area contributed by atoms with E-state index < -0.39 is 12.0 Å². The molecule has 2 rings (SSSR count). The van der Waals surface area contributed by atoms with Gasteiger partial charge in [-0.25, -0.2) is 9.59 Å². The Morgan fingerprint density at radius 3 is 2.62 bits per heavy atom. The number of rotatable bonds is 5. The first kappa shape index (κ1) is 17.8. The van der Waals surface area contributed by atoms with Crippen molar-refractivity contribution in [2.45, 2.75) is 32.2 Å². The van der Waals surface area contributed by atoms with Crippen molar-refractivity contribution in [3.05, 3.63) is 30.3 Å². The predicted octanol–water partition coefficient (Wildman–Crippen LogP) is 1.91. The average Bonchev–Trinajstić information content (AvgIpc) is 2.60. The molecule has 1 aromatic rings. The molecule has 0 aromatic heterocycles. The van der Waals surface area contributed by atoms with E-state index in [1.165, 1.54) is 0 Å². The van der Waals surface area contributed by atoms with Crippen molar-refractivity contribution in [3.8, 4) is 0 Å². The van der Waals surface area contributed by atoms with Gasteiger partial charge in [0.25, 0.3) is 0 Å². The molecule has 130 valence electrons. The standard InChI is InChI=1S/C17H23N3O4/c1-2-14(16(22)23)19-15(21)12-7-6-10-20(11-12)17(24)18-13-8-4-3-5-9-13/h3-5,8-9,12,14H,2,6-7,10-11H2,1H3,(H,18,24)(H,19,21)(H,22,23). The van der Waals surface area contributed by atoms with Crippen molar-refractivity contribution in [1.82, 2.24) is 10.2 Å². The topological polar surface area (TPSA) is 98.7 Å². The number of likely N-dealkylation sites (tertiary alicyclic amines) is 1. The molecule has 0 radical (unpaired) electrons. The summed E-state index contributed by atoms with van der Waals surface area (Å²) in [5, 5.41) is 14.4. The molecule has 1 fully saturated rings. The van der Waals surface area contributed by atoms with Crippen molar-refractivity contribution in [3.63, 3.8) is 0 Å². The number of hydrogen-bond donors (Lipinski definition) is 3. The lowest BCUT2D eigenvalue weighted by atomic mass is 9.97. The second kappa shape index (κ2) is 8.33. The number of amides is 3. The van der Waals surface area contributed by atoms with E-state index >= 15 is 0 Å². The number of anilines is 1. The molecule has 1 saturated heterocycles. The highest BCUT2D eigenvalue weighted by Gasteiger charge is 2.30. The summed E-state index contributed by atoms with van der Waals surface area (Å²) < 4.78 is 0. The average molecular weight is 333 g/mol. The van der Waals surface area contributed by atoms with Gasteiger partial charge in [0.2, 0.25) is 5.91 Å². The first-order valence-corrected chi connectivity index (χ1v) is 8.15. The van der Waals surface area contributed by atoms with Crippen LogP contribution in [0.15, 0.2) is 30.3 Å². The van der Waals surface area contributed by atoms with E-state index in [0.717, 1.165) is 0 Å². The maximum Gasteiger partial charge on any atom is 0.326 e. The number of hydrogen-bond acceptors (Lipinski definition) is 3. The lowest BCUT2D eigenvalue weighted by Crippen LogP contribution is -2.50. The van der Waals surface area contributed by atoms with Crippen molar-refractivity contribution in [2.75, 3.05) is 18.4 Å². The Kier molecular flexibility index (Phi) is 6.17. The summed E-state index contributed by atoms with van der Waals surface area (Å²) in [6, 6.07) is 7.99. The van der Waals surface area contributed by atoms with E-state index in [1.54, 1.807) is 24.0 Å². The summed E-state index contributed by atoms with van der Waals surface area (Å²) >= 11 is 0. The van der Waals surface area contributed by atoms with E-state index in [9.17, 15) is 14.4 Å². The highest BCUT2D eigenvalue weighted by molar-refractivity contribution is 5.90. The molecule has 0 aliphatic carbocycles. The fourth-order valence-corrected chi connectivity index (χ4v) is 2.73. The summed E-state index contributed by atoms with van der Waals surface area (Å²) in [4.78, 5) is 37.2. The summed E-state index contributed by atoms with van der Waals surface area (Å²) in [7, 11) is 0. The normalized spacial score (nSPS) is 18.5. The number of carbonyl (C=O) groups excluding carboxylic acids is 2. The summed E-state index contributed by atoms with van der Waals surface area (Å²) in [5.41, 5.74) is 0.700. The molecule has 1 aromatic carbocycles. The molecular weight excluding hydrogens is 310 g/mol. The molecule has 3 amide bonds. The van der Waals surface area contributed by atoms with Gasteiger partial charge in [0, 0.05) is 18.8 Å². The Morgan fingerprint density at radius 1 is 1.29 bits per heavy atom. The van der Waals surface area contributed by atoms with Crippen LogP contribution in [0.4, 0.5) is 10.5 Å². The fourth-order valence-electron chi connectivity index (χ4n) is 2.73. The van der Waals surface area contributed by atoms with Gasteiger partial charge < -0.3 is 20.6 Å². The number of carboxylic acid groups (broad SMARTS) is 1. The third-order valence-corrected chi connectivity index (χ3v) is 4.13. The zero-order valence-corrected chi connectivity index (χ0v) is 13.7. The highest BCUT2D eigenvalue weighted by atomic mass is 16.4. The molecule has 24 heavy (non-hydrogen) atoms. The van der Waals surface area contributed by atoms with E-state index in [1.807, 2.05) is 18.2 Å². The second-order valence-corrected chi connectivity index (χ2v) is 5.89. The van der Waals surface area contributed by atoms with Gasteiger partial charge in [-0.3, -0.25) is 4.79 Å². The highest BCUT2D eigenvalue weighted by Crippen LogP contribution is 2.18. The van der Waals surface area contributed by atoms with Crippen LogP contribution in [-0.2, 0) is 9.59 Å². The quantitative estimate of drug-likeness (QED) is 0.766. The first-order valence-electron chi connectivity index (χ1n) is 8.15. The number of nitrogens with zero attached hydrogens (tertiary/aromatic N) is 1. The molecule has 0 spiro atoms. The molecule has 7 heteroatoms. The molecule has 2 unspecified atom stereocenters. The molecule has 2 atom stereocenters. The maximum absolute atomic E-state index is 12.3. The minimum Gasteiger partial charge on any atom is -0.480 e. The number of para-hydroxylation sites is 1. The van der Waals surface area contributed by atoms with Gasteiger partial charge in [-0.1, -0.05) is 25.1 Å². The zero-order chi connectivity index (χ0) is 17.5. The van der Waals surface area contributed by atoms with Gasteiger partial charge >= 0.3 is 12.0 Å². The molecule has 1 aliphatic rings. The first-order chi connectivity index (χ1) is 11.5. The number of aliphatic carboxylic acids is 1. The molecule has 0 bridgehead atoms. The van der Waals surface area contributed by atoms with Gasteiger partial charge in [0.15, 0.2) is 0 Å². The van der Waals surface area contributed by atoms with Crippen LogP contribution in [0.25, 0.3) is 0 Å². The Morgan fingerprint density at radius 2 is 2.00 bits per heavy atom. The number of carbonyl (C=O) groups is 3. The number of urea groups is 1. The van der Waals surface area contributed by atoms with Crippen LogP contribution in [0.3, 0.4) is 0 Å². The number of benzene rings is 1. The number of carboxylic acids is 1. The largest absolute Gasteiger partial charge is 0.480 e. The molecule has 0 saturated carbocycles. The minimum absolute atomic E-state index is 0.246. The maximum atomic E-state index is 12.3. The van der Waals surface area contributed by atoms with Crippen LogP contribution in [0.5, 0.6) is 0 Å². The van der Waals surface area contributed by atoms with E-state index in [4.69, 9.17) is 5.11 Å². The van der Waals surface area contributed by atoms with Gasteiger partial charge in [-0.2, -0.15) is 0 Å². The van der Waals surface area contributed by atoms with Gasteiger partial charge in [0.1, 0.15) is 6.04 Å². The van der Waals surface area contributed by atoms with Gasteiger partial charge in [-0.05, 0) is 31.4 Å². The van der Waals surface area contributed by atoms with E-state index in [0.29, 0.717) is 38.0 Å². The van der Waals surface area contributed by atoms with Gasteiger partial charge in [-0.15, -0.1) is 0 Å². The Hall–Kier alpha value is -2.57. The van der Waals surface area contributed by atoms with Crippen molar-refractivity contribution < 1.29 is 19.5 Å². The third-order valence-electron chi connectivity index (χ3n) is 4.13.